The maximum absolute atomic E-state index is 12.7. The fraction of sp³-hybridized carbons (Fsp3) is 0.737. The third kappa shape index (κ3) is 4.63. The monoisotopic (exact) mass is 362 g/mol. The van der Waals surface area contributed by atoms with E-state index in [-0.39, 0.29) is 17.2 Å². The largest absolute Gasteiger partial charge is 0.383 e. The molecule has 0 aromatic carbocycles. The second-order valence-electron chi connectivity index (χ2n) is 7.69. The number of methoxy groups -OCH3 is 1. The normalized spacial score (nSPS) is 23.7. The second kappa shape index (κ2) is 8.66. The molecule has 3 heterocycles. The number of piperidine rings is 2. The number of nitrogens with zero attached hydrogens (tertiary/aromatic N) is 3. The summed E-state index contributed by atoms with van der Waals surface area (Å²) in [7, 11) is 1.66. The number of likely N-dealkylation sites (tertiary alicyclic amines) is 2. The van der Waals surface area contributed by atoms with Crippen molar-refractivity contribution in [2.24, 2.45) is 5.41 Å². The standard InChI is InChI=1S/C19H30N4O3/c1-26-11-10-23-15-19(8-6-18(23)25)7-3-9-22(14-19)17(24)5-2-4-16-12-20-21-13-16/h12-13H,2-11,14-15H2,1H3,(H,20,21)/t19-/m1/s1. The smallest absolute Gasteiger partial charge is 0.222 e. The minimum atomic E-state index is 0.0696. The van der Waals surface area contributed by atoms with Crippen molar-refractivity contribution in [3.8, 4) is 0 Å². The van der Waals surface area contributed by atoms with E-state index in [0.29, 0.717) is 26.0 Å². The van der Waals surface area contributed by atoms with Crippen molar-refractivity contribution in [1.29, 1.82) is 0 Å². The van der Waals surface area contributed by atoms with Gasteiger partial charge in [0.05, 0.1) is 12.8 Å². The zero-order chi connectivity index (χ0) is 18.4. The van der Waals surface area contributed by atoms with Crippen LogP contribution in [0.15, 0.2) is 12.4 Å². The van der Waals surface area contributed by atoms with E-state index in [1.807, 2.05) is 22.2 Å². The molecule has 0 aliphatic carbocycles. The van der Waals surface area contributed by atoms with Gasteiger partial charge in [0, 0.05) is 57.7 Å². The summed E-state index contributed by atoms with van der Waals surface area (Å²) in [5, 5.41) is 6.75. The van der Waals surface area contributed by atoms with Gasteiger partial charge in [0.2, 0.25) is 11.8 Å². The van der Waals surface area contributed by atoms with Gasteiger partial charge in [0.25, 0.3) is 0 Å². The Morgan fingerprint density at radius 3 is 3.04 bits per heavy atom. The van der Waals surface area contributed by atoms with Crippen LogP contribution in [0.5, 0.6) is 0 Å². The number of aryl methyl sites for hydroxylation is 1. The molecule has 7 nitrogen and oxygen atoms in total. The lowest BCUT2D eigenvalue weighted by atomic mass is 9.73. The average molecular weight is 362 g/mol. The summed E-state index contributed by atoms with van der Waals surface area (Å²) >= 11 is 0. The molecule has 1 atom stereocenters. The summed E-state index contributed by atoms with van der Waals surface area (Å²) in [6.45, 7) is 3.61. The molecule has 2 aliphatic heterocycles. The number of carbonyl (C=O) groups is 2. The molecule has 1 spiro atoms. The molecule has 0 saturated carbocycles. The first kappa shape index (κ1) is 18.9. The SMILES string of the molecule is COCCN1C[C@]2(CCCN(C(=O)CCCc3cn[nH]c3)C2)CCC1=O. The molecule has 0 radical (unpaired) electrons. The summed E-state index contributed by atoms with van der Waals surface area (Å²) in [5.41, 5.74) is 1.22. The average Bonchev–Trinajstić information content (AvgIpc) is 3.16. The van der Waals surface area contributed by atoms with Crippen molar-refractivity contribution in [2.75, 3.05) is 39.9 Å². The summed E-state index contributed by atoms with van der Waals surface area (Å²) in [5.74, 6) is 0.462. The van der Waals surface area contributed by atoms with Gasteiger partial charge in [0.1, 0.15) is 0 Å². The molecule has 2 aliphatic rings. The molecule has 3 rings (SSSR count). The van der Waals surface area contributed by atoms with Crippen LogP contribution in [0.25, 0.3) is 0 Å². The maximum Gasteiger partial charge on any atom is 0.222 e. The number of amides is 2. The van der Waals surface area contributed by atoms with Gasteiger partial charge in [-0.15, -0.1) is 0 Å². The Hall–Kier alpha value is -1.89. The van der Waals surface area contributed by atoms with Crippen LogP contribution >= 0.6 is 0 Å². The fourth-order valence-corrected chi connectivity index (χ4v) is 4.28. The van der Waals surface area contributed by atoms with E-state index in [2.05, 4.69) is 10.2 Å². The predicted octanol–water partition coefficient (Wildman–Crippen LogP) is 1.61. The van der Waals surface area contributed by atoms with Crippen molar-refractivity contribution < 1.29 is 14.3 Å². The lowest BCUT2D eigenvalue weighted by molar-refractivity contribution is -0.143. The fourth-order valence-electron chi connectivity index (χ4n) is 4.28. The number of ether oxygens (including phenoxy) is 1. The first-order valence-corrected chi connectivity index (χ1v) is 9.64. The molecular weight excluding hydrogens is 332 g/mol. The Morgan fingerprint density at radius 1 is 1.38 bits per heavy atom. The lowest BCUT2D eigenvalue weighted by Crippen LogP contribution is -2.55. The molecule has 0 unspecified atom stereocenters. The minimum absolute atomic E-state index is 0.0696. The van der Waals surface area contributed by atoms with E-state index >= 15 is 0 Å². The van der Waals surface area contributed by atoms with Gasteiger partial charge in [0.15, 0.2) is 0 Å². The highest BCUT2D eigenvalue weighted by Crippen LogP contribution is 2.39. The molecule has 2 amide bonds. The second-order valence-corrected chi connectivity index (χ2v) is 7.69. The topological polar surface area (TPSA) is 78.5 Å². The molecule has 7 heteroatoms. The quantitative estimate of drug-likeness (QED) is 0.799. The maximum atomic E-state index is 12.7. The number of carbonyl (C=O) groups excluding carboxylic acids is 2. The van der Waals surface area contributed by atoms with Crippen LogP contribution in [-0.4, -0.2) is 71.7 Å². The Balaban J connectivity index is 1.52. The Kier molecular flexibility index (Phi) is 6.29. The molecule has 1 aromatic rings. The van der Waals surface area contributed by atoms with Crippen molar-refractivity contribution in [3.05, 3.63) is 18.0 Å². The van der Waals surface area contributed by atoms with Crippen LogP contribution in [0.4, 0.5) is 0 Å². The molecule has 1 N–H and O–H groups in total. The van der Waals surface area contributed by atoms with Crippen molar-refractivity contribution in [3.63, 3.8) is 0 Å². The number of H-pyrrole nitrogens is 1. The van der Waals surface area contributed by atoms with Crippen LogP contribution in [0.1, 0.15) is 44.1 Å². The van der Waals surface area contributed by atoms with E-state index < -0.39 is 0 Å². The third-order valence-electron chi connectivity index (χ3n) is 5.74. The molecule has 144 valence electrons. The molecule has 2 saturated heterocycles. The highest BCUT2D eigenvalue weighted by Gasteiger charge is 2.42. The van der Waals surface area contributed by atoms with Gasteiger partial charge < -0.3 is 14.5 Å². The highest BCUT2D eigenvalue weighted by atomic mass is 16.5. The van der Waals surface area contributed by atoms with Gasteiger partial charge >= 0.3 is 0 Å². The van der Waals surface area contributed by atoms with Gasteiger partial charge in [-0.25, -0.2) is 0 Å². The number of aromatic amines is 1. The van der Waals surface area contributed by atoms with Crippen molar-refractivity contribution >= 4 is 11.8 Å². The highest BCUT2D eigenvalue weighted by molar-refractivity contribution is 5.78. The summed E-state index contributed by atoms with van der Waals surface area (Å²) < 4.78 is 5.14. The van der Waals surface area contributed by atoms with Gasteiger partial charge in [-0.05, 0) is 37.7 Å². The van der Waals surface area contributed by atoms with Crippen LogP contribution in [0.3, 0.4) is 0 Å². The zero-order valence-corrected chi connectivity index (χ0v) is 15.7. The molecular formula is C19H30N4O3. The number of hydrogen-bond acceptors (Lipinski definition) is 4. The van der Waals surface area contributed by atoms with Gasteiger partial charge in [-0.2, -0.15) is 5.10 Å². The van der Waals surface area contributed by atoms with E-state index in [4.69, 9.17) is 4.74 Å². The van der Waals surface area contributed by atoms with Gasteiger partial charge in [-0.1, -0.05) is 0 Å². The lowest BCUT2D eigenvalue weighted by Gasteiger charge is -2.48. The number of aromatic nitrogens is 2. The molecule has 0 bridgehead atoms. The summed E-state index contributed by atoms with van der Waals surface area (Å²) in [4.78, 5) is 28.8. The van der Waals surface area contributed by atoms with Gasteiger partial charge in [-0.3, -0.25) is 14.7 Å². The van der Waals surface area contributed by atoms with E-state index in [0.717, 1.165) is 57.3 Å². The molecule has 1 aromatic heterocycles. The van der Waals surface area contributed by atoms with Crippen LogP contribution < -0.4 is 0 Å². The van der Waals surface area contributed by atoms with Crippen LogP contribution in [0, 0.1) is 5.41 Å². The molecule has 2 fully saturated rings. The Morgan fingerprint density at radius 2 is 2.27 bits per heavy atom. The van der Waals surface area contributed by atoms with Crippen molar-refractivity contribution in [2.45, 2.75) is 44.9 Å². The first-order valence-electron chi connectivity index (χ1n) is 9.64. The third-order valence-corrected chi connectivity index (χ3v) is 5.74. The van der Waals surface area contributed by atoms with E-state index in [1.165, 1.54) is 0 Å². The summed E-state index contributed by atoms with van der Waals surface area (Å²) in [6, 6.07) is 0. The zero-order valence-electron chi connectivity index (χ0n) is 15.7. The number of hydrogen-bond donors (Lipinski definition) is 1. The van der Waals surface area contributed by atoms with Crippen LogP contribution in [-0.2, 0) is 20.7 Å². The first-order chi connectivity index (χ1) is 12.6. The van der Waals surface area contributed by atoms with Crippen molar-refractivity contribution in [1.82, 2.24) is 20.0 Å². The van der Waals surface area contributed by atoms with E-state index in [9.17, 15) is 9.59 Å². The number of nitrogens with one attached hydrogen (secondary N) is 1. The van der Waals surface area contributed by atoms with E-state index in [1.54, 1.807) is 7.11 Å². The number of rotatable bonds is 7. The Bertz CT molecular complexity index is 604. The predicted molar refractivity (Wildman–Crippen MR) is 97.5 cm³/mol. The van der Waals surface area contributed by atoms with Crippen LogP contribution in [0.2, 0.25) is 0 Å². The summed E-state index contributed by atoms with van der Waals surface area (Å²) in [6.07, 6.45) is 9.61. The molecule has 26 heavy (non-hydrogen) atoms. The minimum Gasteiger partial charge on any atom is -0.383 e. The Labute approximate surface area is 155 Å².